The number of carbonyl (C=O) groups is 2. The van der Waals surface area contributed by atoms with E-state index >= 15 is 4.39 Å². The summed E-state index contributed by atoms with van der Waals surface area (Å²) < 4.78 is 15.0. The number of aliphatic hydroxyl groups excluding tert-OH is 2. The van der Waals surface area contributed by atoms with Crippen LogP contribution in [0.5, 0.6) is 0 Å². The van der Waals surface area contributed by atoms with Crippen molar-refractivity contribution in [2.45, 2.75) is 61.6 Å². The molecule has 218 valence electrons. The number of hydrogen-bond acceptors (Lipinski definition) is 5. The zero-order chi connectivity index (χ0) is 28.4. The van der Waals surface area contributed by atoms with Gasteiger partial charge in [-0.25, -0.2) is 4.39 Å². The van der Waals surface area contributed by atoms with Crippen LogP contribution < -0.4 is 10.6 Å². The van der Waals surface area contributed by atoms with Crippen molar-refractivity contribution in [1.29, 1.82) is 0 Å². The molecule has 0 aromatic heterocycles. The van der Waals surface area contributed by atoms with Crippen LogP contribution in [0.3, 0.4) is 0 Å². The molecule has 0 saturated carbocycles. The third-order valence-corrected chi connectivity index (χ3v) is 8.70. The van der Waals surface area contributed by atoms with Gasteiger partial charge in [-0.2, -0.15) is 0 Å². The maximum absolute atomic E-state index is 15.0. The first kappa shape index (κ1) is 31.4. The van der Waals surface area contributed by atoms with Crippen molar-refractivity contribution in [3.63, 3.8) is 0 Å². The van der Waals surface area contributed by atoms with Gasteiger partial charge in [-0.3, -0.25) is 9.59 Å². The maximum Gasteiger partial charge on any atom is 0.237 e. The number of nitrogens with one attached hydrogen (secondary N) is 2. The number of aliphatic hydroxyl groups is 2. The zero-order valence-corrected chi connectivity index (χ0v) is 24.5. The fraction of sp³-hybridized carbons (Fsp3) is 0.355. The van der Waals surface area contributed by atoms with E-state index in [0.717, 1.165) is 5.56 Å². The van der Waals surface area contributed by atoms with Crippen molar-refractivity contribution < 1.29 is 24.2 Å². The first-order valence-electron chi connectivity index (χ1n) is 13.4. The predicted molar refractivity (Wildman–Crippen MR) is 161 cm³/mol. The van der Waals surface area contributed by atoms with Gasteiger partial charge >= 0.3 is 0 Å². The standard InChI is InChI=1S/C31H31Cl2FN2O4.ClH/c32-20-9-4-8-19(14-20)28-29(26(39)11-5-10-21(38)17-37)36-27(13-12-18-6-2-1-3-7-18)31(28)22-15-24(34)23(33)16-25(22)35-30(31)40;/h1-4,6-9,14-16,21,27-29,36-38H,5,10-13,17H2,(H,35,40);1H/t21-,27+,28-,29-,31-;/m0./s1. The number of rotatable bonds is 10. The third-order valence-electron chi connectivity index (χ3n) is 8.17. The van der Waals surface area contributed by atoms with E-state index < -0.39 is 35.3 Å². The van der Waals surface area contributed by atoms with Crippen LogP contribution in [-0.2, 0) is 21.4 Å². The molecule has 1 spiro atoms. The molecule has 0 bridgehead atoms. The highest BCUT2D eigenvalue weighted by Crippen LogP contribution is 2.56. The topological polar surface area (TPSA) is 98.7 Å². The first-order valence-corrected chi connectivity index (χ1v) is 14.2. The Morgan fingerprint density at radius 1 is 1.07 bits per heavy atom. The summed E-state index contributed by atoms with van der Waals surface area (Å²) in [4.78, 5) is 28.0. The van der Waals surface area contributed by atoms with Gasteiger partial charge in [0, 0.05) is 29.1 Å². The first-order chi connectivity index (χ1) is 19.2. The molecule has 1 fully saturated rings. The van der Waals surface area contributed by atoms with Crippen LogP contribution in [0, 0.1) is 5.82 Å². The summed E-state index contributed by atoms with van der Waals surface area (Å²) in [5, 5.41) is 25.7. The van der Waals surface area contributed by atoms with E-state index in [4.69, 9.17) is 23.2 Å². The molecule has 2 aliphatic rings. The minimum atomic E-state index is -1.31. The average Bonchev–Trinajstić information content (AvgIpc) is 3.43. The second-order valence-corrected chi connectivity index (χ2v) is 11.4. The highest BCUT2D eigenvalue weighted by molar-refractivity contribution is 6.31. The number of halogens is 4. The molecule has 5 atom stereocenters. The van der Waals surface area contributed by atoms with Gasteiger partial charge in [0.15, 0.2) is 0 Å². The Kier molecular flexibility index (Phi) is 10.1. The van der Waals surface area contributed by atoms with E-state index in [1.807, 2.05) is 36.4 Å². The van der Waals surface area contributed by atoms with Crippen molar-refractivity contribution in [1.82, 2.24) is 5.32 Å². The Bertz CT molecular complexity index is 1410. The molecule has 3 aromatic carbocycles. The minimum Gasteiger partial charge on any atom is -0.394 e. The molecule has 41 heavy (non-hydrogen) atoms. The third kappa shape index (κ3) is 6.03. The van der Waals surface area contributed by atoms with Gasteiger partial charge in [0.05, 0.1) is 23.8 Å². The number of amides is 1. The van der Waals surface area contributed by atoms with Crippen molar-refractivity contribution in [2.75, 3.05) is 11.9 Å². The molecule has 1 saturated heterocycles. The smallest absolute Gasteiger partial charge is 0.237 e. The predicted octanol–water partition coefficient (Wildman–Crippen LogP) is 5.59. The number of anilines is 1. The van der Waals surface area contributed by atoms with E-state index in [-0.39, 0.29) is 48.6 Å². The van der Waals surface area contributed by atoms with Crippen molar-refractivity contribution in [3.8, 4) is 0 Å². The van der Waals surface area contributed by atoms with E-state index in [2.05, 4.69) is 10.6 Å². The van der Waals surface area contributed by atoms with E-state index in [0.29, 0.717) is 41.1 Å². The molecule has 1 amide bonds. The summed E-state index contributed by atoms with van der Waals surface area (Å²) in [7, 11) is 0. The SMILES string of the molecule is Cl.O=C(CCC[C@H](O)CO)[C@@H]1N[C@H](CCc2ccccc2)[C@]2(C(=O)Nc3cc(Cl)c(F)cc32)[C@H]1c1cccc(Cl)c1. The van der Waals surface area contributed by atoms with Gasteiger partial charge in [0.1, 0.15) is 17.0 Å². The maximum atomic E-state index is 15.0. The lowest BCUT2D eigenvalue weighted by Crippen LogP contribution is -2.48. The number of carbonyl (C=O) groups excluding carboxylic acids is 2. The molecule has 2 aliphatic heterocycles. The van der Waals surface area contributed by atoms with Gasteiger partial charge in [-0.05, 0) is 66.6 Å². The number of benzene rings is 3. The minimum absolute atomic E-state index is 0. The van der Waals surface area contributed by atoms with Crippen LogP contribution >= 0.6 is 35.6 Å². The summed E-state index contributed by atoms with van der Waals surface area (Å²) >= 11 is 12.5. The Hall–Kier alpha value is -2.52. The lowest BCUT2D eigenvalue weighted by molar-refractivity contribution is -0.122. The number of hydrogen-bond donors (Lipinski definition) is 4. The van der Waals surface area contributed by atoms with E-state index in [9.17, 15) is 19.8 Å². The number of Topliss-reactive ketones (excluding diaryl/α,β-unsaturated/α-hetero) is 1. The normalized spacial score (nSPS) is 23.6. The Balaban J connectivity index is 0.00000387. The monoisotopic (exact) mass is 620 g/mol. The molecule has 10 heteroatoms. The molecule has 2 heterocycles. The van der Waals surface area contributed by atoms with Gasteiger partial charge < -0.3 is 20.8 Å². The lowest BCUT2D eigenvalue weighted by Gasteiger charge is -2.35. The van der Waals surface area contributed by atoms with Gasteiger partial charge in [0.2, 0.25) is 5.91 Å². The Labute approximate surface area is 254 Å². The molecular formula is C31H32Cl3FN2O4. The molecule has 3 aromatic rings. The van der Waals surface area contributed by atoms with E-state index in [1.165, 1.54) is 12.1 Å². The van der Waals surface area contributed by atoms with E-state index in [1.54, 1.807) is 18.2 Å². The second-order valence-electron chi connectivity index (χ2n) is 10.6. The van der Waals surface area contributed by atoms with Crippen LogP contribution in [0.25, 0.3) is 0 Å². The lowest BCUT2D eigenvalue weighted by atomic mass is 9.63. The van der Waals surface area contributed by atoms with Gasteiger partial charge in [0.25, 0.3) is 0 Å². The van der Waals surface area contributed by atoms with Crippen molar-refractivity contribution in [2.24, 2.45) is 0 Å². The molecule has 6 nitrogen and oxygen atoms in total. The molecule has 5 rings (SSSR count). The van der Waals surface area contributed by atoms with Crippen LogP contribution in [0.4, 0.5) is 10.1 Å². The van der Waals surface area contributed by atoms with Crippen LogP contribution in [0.15, 0.2) is 66.7 Å². The number of fused-ring (bicyclic) bond motifs is 2. The Morgan fingerprint density at radius 2 is 1.83 bits per heavy atom. The van der Waals surface area contributed by atoms with Gasteiger partial charge in [-0.1, -0.05) is 65.7 Å². The summed E-state index contributed by atoms with van der Waals surface area (Å²) in [6, 6.07) is 18.4. The average molecular weight is 622 g/mol. The summed E-state index contributed by atoms with van der Waals surface area (Å²) in [6.07, 6.45) is 1.01. The van der Waals surface area contributed by atoms with Gasteiger partial charge in [-0.15, -0.1) is 12.4 Å². The van der Waals surface area contributed by atoms with Crippen LogP contribution in [-0.4, -0.2) is 46.7 Å². The number of ketones is 1. The number of aryl methyl sites for hydroxylation is 1. The molecular weight excluding hydrogens is 590 g/mol. The zero-order valence-electron chi connectivity index (χ0n) is 22.2. The molecule has 4 N–H and O–H groups in total. The summed E-state index contributed by atoms with van der Waals surface area (Å²) in [5.41, 5.74) is 1.34. The second kappa shape index (κ2) is 13.2. The molecule has 0 radical (unpaired) electrons. The fourth-order valence-corrected chi connectivity index (χ4v) is 6.74. The van der Waals surface area contributed by atoms with Crippen molar-refractivity contribution >= 4 is 53.0 Å². The van der Waals surface area contributed by atoms with Crippen molar-refractivity contribution in [3.05, 3.63) is 99.3 Å². The molecule has 0 aliphatic carbocycles. The highest BCUT2D eigenvalue weighted by atomic mass is 35.5. The summed E-state index contributed by atoms with van der Waals surface area (Å²) in [5.74, 6) is -1.79. The summed E-state index contributed by atoms with van der Waals surface area (Å²) in [6.45, 7) is -0.378. The molecule has 0 unspecified atom stereocenters. The van der Waals surface area contributed by atoms with Crippen LogP contribution in [0.1, 0.15) is 48.3 Å². The fourth-order valence-electron chi connectivity index (χ4n) is 6.38. The Morgan fingerprint density at radius 3 is 2.54 bits per heavy atom. The largest absolute Gasteiger partial charge is 0.394 e. The van der Waals surface area contributed by atoms with Crippen LogP contribution in [0.2, 0.25) is 10.0 Å². The quantitative estimate of drug-likeness (QED) is 0.237. The highest BCUT2D eigenvalue weighted by Gasteiger charge is 2.65.